The first-order valence-corrected chi connectivity index (χ1v) is 10.6. The van der Waals surface area contributed by atoms with Crippen molar-refractivity contribution in [2.75, 3.05) is 36.9 Å². The maximum atomic E-state index is 12.9. The van der Waals surface area contributed by atoms with Crippen LogP contribution in [0.2, 0.25) is 0 Å². The van der Waals surface area contributed by atoms with Gasteiger partial charge in [-0.05, 0) is 29.1 Å². The maximum absolute atomic E-state index is 12.9. The number of morpholine rings is 1. The number of nitrogens with zero attached hydrogens (tertiary/aromatic N) is 3. The van der Waals surface area contributed by atoms with Gasteiger partial charge in [0.15, 0.2) is 0 Å². The molecule has 0 spiro atoms. The van der Waals surface area contributed by atoms with E-state index in [1.807, 2.05) is 54.6 Å². The largest absolute Gasteiger partial charge is 0.379 e. The molecular formula is C24H24N6O2. The van der Waals surface area contributed by atoms with Gasteiger partial charge >= 0.3 is 0 Å². The number of benzene rings is 2. The third-order valence-corrected chi connectivity index (χ3v) is 5.51. The van der Waals surface area contributed by atoms with Crippen molar-refractivity contribution in [2.45, 2.75) is 6.54 Å². The molecule has 162 valence electrons. The molecule has 1 fully saturated rings. The highest BCUT2D eigenvalue weighted by Crippen LogP contribution is 2.25. The molecule has 2 aromatic carbocycles. The molecule has 1 saturated heterocycles. The third kappa shape index (κ3) is 4.46. The van der Waals surface area contributed by atoms with Crippen LogP contribution >= 0.6 is 0 Å². The van der Waals surface area contributed by atoms with Crippen molar-refractivity contribution >= 4 is 33.9 Å². The Bertz CT molecular complexity index is 1210. The molecule has 8 nitrogen and oxygen atoms in total. The lowest BCUT2D eigenvalue weighted by Gasteiger charge is -2.26. The summed E-state index contributed by atoms with van der Waals surface area (Å²) in [6, 6.07) is 17.8. The Morgan fingerprint density at radius 1 is 1.06 bits per heavy atom. The number of fused-ring (bicyclic) bond motifs is 1. The summed E-state index contributed by atoms with van der Waals surface area (Å²) in [5.41, 5.74) is 2.84. The van der Waals surface area contributed by atoms with E-state index in [0.717, 1.165) is 49.3 Å². The summed E-state index contributed by atoms with van der Waals surface area (Å²) in [7, 11) is 0. The molecule has 1 aliphatic rings. The second-order valence-corrected chi connectivity index (χ2v) is 7.70. The molecule has 1 aliphatic heterocycles. The standard InChI is InChI=1S/C24H24N6O2/c31-24(27-19-7-5-17(6-8-19)16-30-11-13-32-14-12-30)22-21(15-26-29-22)28-23-20-4-2-1-3-18(20)9-10-25-23/h1-10,15H,11-14,16H2,(H,25,28)(H,26,29)(H,27,31). The van der Waals surface area contributed by atoms with Crippen LogP contribution in [-0.4, -0.2) is 52.3 Å². The van der Waals surface area contributed by atoms with Crippen LogP contribution in [0.15, 0.2) is 67.0 Å². The lowest BCUT2D eigenvalue weighted by molar-refractivity contribution is 0.0342. The molecule has 3 N–H and O–H groups in total. The number of nitrogens with one attached hydrogen (secondary N) is 3. The fraction of sp³-hybridized carbons (Fsp3) is 0.208. The zero-order chi connectivity index (χ0) is 21.8. The molecule has 32 heavy (non-hydrogen) atoms. The van der Waals surface area contributed by atoms with Crippen molar-refractivity contribution in [3.05, 3.63) is 78.2 Å². The van der Waals surface area contributed by atoms with E-state index >= 15 is 0 Å². The van der Waals surface area contributed by atoms with Crippen molar-refractivity contribution in [3.8, 4) is 0 Å². The number of amides is 1. The summed E-state index contributed by atoms with van der Waals surface area (Å²) in [5.74, 6) is 0.400. The predicted octanol–water partition coefficient (Wildman–Crippen LogP) is 3.79. The molecule has 3 heterocycles. The Morgan fingerprint density at radius 2 is 1.88 bits per heavy atom. The van der Waals surface area contributed by atoms with Crippen LogP contribution < -0.4 is 10.6 Å². The normalized spacial score (nSPS) is 14.4. The molecule has 2 aromatic heterocycles. The van der Waals surface area contributed by atoms with Gasteiger partial charge < -0.3 is 15.4 Å². The van der Waals surface area contributed by atoms with Crippen LogP contribution in [0.5, 0.6) is 0 Å². The van der Waals surface area contributed by atoms with Gasteiger partial charge in [0.05, 0.1) is 25.1 Å². The first kappa shape index (κ1) is 20.2. The fourth-order valence-electron chi connectivity index (χ4n) is 3.81. The molecule has 0 radical (unpaired) electrons. The highest BCUT2D eigenvalue weighted by atomic mass is 16.5. The second-order valence-electron chi connectivity index (χ2n) is 7.70. The quantitative estimate of drug-likeness (QED) is 0.433. The van der Waals surface area contributed by atoms with Crippen molar-refractivity contribution in [1.82, 2.24) is 20.1 Å². The van der Waals surface area contributed by atoms with Crippen molar-refractivity contribution in [1.29, 1.82) is 0 Å². The Hall–Kier alpha value is -3.75. The molecule has 0 aliphatic carbocycles. The SMILES string of the molecule is O=C(Nc1ccc(CN2CCOCC2)cc1)c1[nH]ncc1Nc1nccc2ccccc12. The van der Waals surface area contributed by atoms with Crippen LogP contribution in [0.1, 0.15) is 16.1 Å². The molecular weight excluding hydrogens is 404 g/mol. The molecule has 5 rings (SSSR count). The van der Waals surface area contributed by atoms with Gasteiger partial charge in [-0.1, -0.05) is 36.4 Å². The lowest BCUT2D eigenvalue weighted by Crippen LogP contribution is -2.35. The first-order chi connectivity index (χ1) is 15.8. The average Bonchev–Trinajstić information content (AvgIpc) is 3.30. The smallest absolute Gasteiger partial charge is 0.275 e. The second kappa shape index (κ2) is 9.17. The summed E-state index contributed by atoms with van der Waals surface area (Å²) in [6.07, 6.45) is 3.33. The summed E-state index contributed by atoms with van der Waals surface area (Å²) in [5, 5.41) is 15.0. The van der Waals surface area contributed by atoms with E-state index in [9.17, 15) is 4.79 Å². The van der Waals surface area contributed by atoms with Crippen LogP contribution in [0, 0.1) is 0 Å². The number of ether oxygens (including phenoxy) is 1. The monoisotopic (exact) mass is 428 g/mol. The van der Waals surface area contributed by atoms with E-state index in [1.165, 1.54) is 5.56 Å². The summed E-state index contributed by atoms with van der Waals surface area (Å²) in [6.45, 7) is 4.33. The number of carbonyl (C=O) groups is 1. The number of pyridine rings is 1. The first-order valence-electron chi connectivity index (χ1n) is 10.6. The van der Waals surface area contributed by atoms with Gasteiger partial charge in [-0.2, -0.15) is 5.10 Å². The van der Waals surface area contributed by atoms with Crippen LogP contribution in [0.25, 0.3) is 10.8 Å². The summed E-state index contributed by atoms with van der Waals surface area (Å²) >= 11 is 0. The topological polar surface area (TPSA) is 95.2 Å². The van der Waals surface area contributed by atoms with E-state index in [0.29, 0.717) is 17.2 Å². The molecule has 4 aromatic rings. The van der Waals surface area contributed by atoms with Crippen LogP contribution in [0.3, 0.4) is 0 Å². The van der Waals surface area contributed by atoms with Crippen molar-refractivity contribution in [2.24, 2.45) is 0 Å². The third-order valence-electron chi connectivity index (χ3n) is 5.51. The minimum absolute atomic E-state index is 0.272. The molecule has 8 heteroatoms. The molecule has 0 atom stereocenters. The van der Waals surface area contributed by atoms with Gasteiger partial charge in [-0.3, -0.25) is 14.8 Å². The van der Waals surface area contributed by atoms with Gasteiger partial charge in [0.2, 0.25) is 0 Å². The number of aromatic amines is 1. The number of rotatable bonds is 6. The minimum atomic E-state index is -0.272. The van der Waals surface area contributed by atoms with Gasteiger partial charge in [-0.25, -0.2) is 4.98 Å². The molecule has 1 amide bonds. The van der Waals surface area contributed by atoms with E-state index in [2.05, 4.69) is 30.7 Å². The number of anilines is 3. The molecule has 0 saturated carbocycles. The Kier molecular flexibility index (Phi) is 5.78. The Morgan fingerprint density at radius 3 is 2.72 bits per heavy atom. The number of hydrogen-bond acceptors (Lipinski definition) is 6. The van der Waals surface area contributed by atoms with Crippen molar-refractivity contribution < 1.29 is 9.53 Å². The van der Waals surface area contributed by atoms with Gasteiger partial charge in [0.25, 0.3) is 5.91 Å². The summed E-state index contributed by atoms with van der Waals surface area (Å²) < 4.78 is 5.40. The molecule has 0 unspecified atom stereocenters. The highest BCUT2D eigenvalue weighted by molar-refractivity contribution is 6.07. The maximum Gasteiger partial charge on any atom is 0.275 e. The van der Waals surface area contributed by atoms with Gasteiger partial charge in [0, 0.05) is 36.9 Å². The van der Waals surface area contributed by atoms with E-state index in [4.69, 9.17) is 4.74 Å². The average molecular weight is 428 g/mol. The predicted molar refractivity (Wildman–Crippen MR) is 124 cm³/mol. The zero-order valence-corrected chi connectivity index (χ0v) is 17.5. The number of hydrogen-bond donors (Lipinski definition) is 3. The lowest BCUT2D eigenvalue weighted by atomic mass is 10.1. The van der Waals surface area contributed by atoms with Crippen LogP contribution in [-0.2, 0) is 11.3 Å². The van der Waals surface area contributed by atoms with E-state index in [-0.39, 0.29) is 5.91 Å². The Labute approximate surface area is 185 Å². The minimum Gasteiger partial charge on any atom is -0.379 e. The zero-order valence-electron chi connectivity index (χ0n) is 17.5. The number of aromatic nitrogens is 3. The number of H-pyrrole nitrogens is 1. The van der Waals surface area contributed by atoms with Gasteiger partial charge in [-0.15, -0.1) is 0 Å². The number of carbonyl (C=O) groups excluding carboxylic acids is 1. The Balaban J connectivity index is 1.27. The fourth-order valence-corrected chi connectivity index (χ4v) is 3.81. The van der Waals surface area contributed by atoms with E-state index < -0.39 is 0 Å². The summed E-state index contributed by atoms with van der Waals surface area (Å²) in [4.78, 5) is 19.7. The van der Waals surface area contributed by atoms with Gasteiger partial charge in [0.1, 0.15) is 11.5 Å². The van der Waals surface area contributed by atoms with E-state index in [1.54, 1.807) is 12.4 Å². The molecule has 0 bridgehead atoms. The van der Waals surface area contributed by atoms with Crippen LogP contribution in [0.4, 0.5) is 17.2 Å². The van der Waals surface area contributed by atoms with Crippen molar-refractivity contribution in [3.63, 3.8) is 0 Å². The highest BCUT2D eigenvalue weighted by Gasteiger charge is 2.16.